The molecule has 1 aromatic carbocycles. The summed E-state index contributed by atoms with van der Waals surface area (Å²) in [7, 11) is 1.66. The number of nitrogens with two attached hydrogens (primary N) is 1. The predicted molar refractivity (Wildman–Crippen MR) is 63.5 cm³/mol. The average molecular weight is 221 g/mol. The minimum Gasteiger partial charge on any atom is -0.497 e. The molecule has 0 heterocycles. The lowest BCUT2D eigenvalue weighted by molar-refractivity contribution is -0.00445. The topological polar surface area (TPSA) is 44.5 Å². The van der Waals surface area contributed by atoms with E-state index in [4.69, 9.17) is 15.2 Å². The minimum atomic E-state index is -0.0356. The molecular weight excluding hydrogens is 202 g/mol. The molecule has 1 saturated carbocycles. The van der Waals surface area contributed by atoms with Gasteiger partial charge in [0, 0.05) is 0 Å². The van der Waals surface area contributed by atoms with Crippen LogP contribution >= 0.6 is 0 Å². The van der Waals surface area contributed by atoms with Gasteiger partial charge in [-0.2, -0.15) is 0 Å². The van der Waals surface area contributed by atoms with Crippen molar-refractivity contribution in [3.8, 4) is 5.75 Å². The van der Waals surface area contributed by atoms with Crippen LogP contribution in [-0.4, -0.2) is 19.8 Å². The molecule has 1 aliphatic rings. The summed E-state index contributed by atoms with van der Waals surface area (Å²) in [5.74, 6) is 0.857. The highest BCUT2D eigenvalue weighted by atomic mass is 16.5. The van der Waals surface area contributed by atoms with Crippen LogP contribution in [0.1, 0.15) is 30.9 Å². The van der Waals surface area contributed by atoms with Gasteiger partial charge in [0.1, 0.15) is 5.75 Å². The Kier molecular flexibility index (Phi) is 3.80. The van der Waals surface area contributed by atoms with Gasteiger partial charge in [-0.3, -0.25) is 0 Å². The van der Waals surface area contributed by atoms with Crippen LogP contribution in [0, 0.1) is 0 Å². The van der Waals surface area contributed by atoms with Gasteiger partial charge in [0.05, 0.1) is 25.9 Å². The summed E-state index contributed by atoms with van der Waals surface area (Å²) in [4.78, 5) is 0. The lowest BCUT2D eigenvalue weighted by atomic mass is 9.96. The monoisotopic (exact) mass is 221 g/mol. The fraction of sp³-hybridized carbons (Fsp3) is 0.538. The fourth-order valence-corrected chi connectivity index (χ4v) is 1.72. The van der Waals surface area contributed by atoms with E-state index in [2.05, 4.69) is 0 Å². The molecule has 3 nitrogen and oxygen atoms in total. The average Bonchev–Trinajstić information content (AvgIpc) is 2.27. The molecule has 16 heavy (non-hydrogen) atoms. The molecule has 0 bridgehead atoms. The van der Waals surface area contributed by atoms with Crippen molar-refractivity contribution < 1.29 is 9.47 Å². The van der Waals surface area contributed by atoms with Gasteiger partial charge in [-0.15, -0.1) is 0 Å². The molecule has 2 N–H and O–H groups in total. The van der Waals surface area contributed by atoms with Crippen LogP contribution in [0.4, 0.5) is 0 Å². The van der Waals surface area contributed by atoms with Crippen molar-refractivity contribution in [2.24, 2.45) is 5.73 Å². The molecule has 0 radical (unpaired) electrons. The third-order valence-electron chi connectivity index (χ3n) is 3.11. The van der Waals surface area contributed by atoms with E-state index < -0.39 is 0 Å². The van der Waals surface area contributed by atoms with Crippen molar-refractivity contribution in [1.29, 1.82) is 0 Å². The maximum atomic E-state index is 6.05. The Morgan fingerprint density at radius 2 is 2.00 bits per heavy atom. The molecule has 1 atom stereocenters. The van der Waals surface area contributed by atoms with E-state index in [9.17, 15) is 0 Å². The van der Waals surface area contributed by atoms with Crippen molar-refractivity contribution in [3.05, 3.63) is 29.8 Å². The van der Waals surface area contributed by atoms with Gasteiger partial charge < -0.3 is 15.2 Å². The Hall–Kier alpha value is -1.06. The van der Waals surface area contributed by atoms with Crippen molar-refractivity contribution in [2.45, 2.75) is 31.4 Å². The maximum Gasteiger partial charge on any atom is 0.118 e. The third-order valence-corrected chi connectivity index (χ3v) is 3.11. The van der Waals surface area contributed by atoms with E-state index in [1.54, 1.807) is 7.11 Å². The zero-order valence-electron chi connectivity index (χ0n) is 9.69. The van der Waals surface area contributed by atoms with Gasteiger partial charge in [0.2, 0.25) is 0 Å². The second-order valence-corrected chi connectivity index (χ2v) is 4.27. The highest BCUT2D eigenvalue weighted by molar-refractivity contribution is 5.28. The number of hydrogen-bond acceptors (Lipinski definition) is 3. The van der Waals surface area contributed by atoms with Crippen molar-refractivity contribution in [3.63, 3.8) is 0 Å². The first-order valence-electron chi connectivity index (χ1n) is 5.80. The second kappa shape index (κ2) is 5.32. The molecule has 0 saturated heterocycles. The van der Waals surface area contributed by atoms with Gasteiger partial charge >= 0.3 is 0 Å². The zero-order chi connectivity index (χ0) is 11.4. The zero-order valence-corrected chi connectivity index (χ0v) is 9.69. The quantitative estimate of drug-likeness (QED) is 0.829. The van der Waals surface area contributed by atoms with Crippen LogP contribution in [0.3, 0.4) is 0 Å². The molecule has 0 aliphatic heterocycles. The van der Waals surface area contributed by atoms with E-state index in [0.717, 1.165) is 11.3 Å². The Bertz CT molecular complexity index is 319. The van der Waals surface area contributed by atoms with Gasteiger partial charge in [-0.05, 0) is 37.0 Å². The highest BCUT2D eigenvalue weighted by Crippen LogP contribution is 2.23. The molecule has 1 aliphatic carbocycles. The van der Waals surface area contributed by atoms with Gasteiger partial charge in [-0.25, -0.2) is 0 Å². The molecule has 0 aromatic heterocycles. The summed E-state index contributed by atoms with van der Waals surface area (Å²) in [6.45, 7) is 0.608. The molecule has 3 heteroatoms. The first-order chi connectivity index (χ1) is 7.79. The number of rotatable bonds is 5. The van der Waals surface area contributed by atoms with Crippen LogP contribution in [0.2, 0.25) is 0 Å². The van der Waals surface area contributed by atoms with Crippen LogP contribution < -0.4 is 10.5 Å². The van der Waals surface area contributed by atoms with E-state index in [0.29, 0.717) is 12.7 Å². The Morgan fingerprint density at radius 3 is 2.50 bits per heavy atom. The first kappa shape index (κ1) is 11.4. The lowest BCUT2D eigenvalue weighted by Crippen LogP contribution is -2.26. The van der Waals surface area contributed by atoms with E-state index >= 15 is 0 Å². The minimum absolute atomic E-state index is 0.0356. The van der Waals surface area contributed by atoms with Crippen LogP contribution in [0.25, 0.3) is 0 Å². The number of hydrogen-bond donors (Lipinski definition) is 1. The Balaban J connectivity index is 1.84. The normalized spacial score (nSPS) is 17.9. The molecule has 1 aromatic rings. The van der Waals surface area contributed by atoms with Crippen LogP contribution in [0.5, 0.6) is 5.75 Å². The van der Waals surface area contributed by atoms with Crippen LogP contribution in [0.15, 0.2) is 24.3 Å². The summed E-state index contributed by atoms with van der Waals surface area (Å²) in [6.07, 6.45) is 4.12. The predicted octanol–water partition coefficient (Wildman–Crippen LogP) is 2.26. The van der Waals surface area contributed by atoms with Gasteiger partial charge in [-0.1, -0.05) is 12.1 Å². The van der Waals surface area contributed by atoms with Crippen molar-refractivity contribution in [1.82, 2.24) is 0 Å². The summed E-state index contributed by atoms with van der Waals surface area (Å²) in [6, 6.07) is 7.81. The van der Waals surface area contributed by atoms with E-state index in [-0.39, 0.29) is 6.04 Å². The molecule has 0 spiro atoms. The smallest absolute Gasteiger partial charge is 0.118 e. The lowest BCUT2D eigenvalue weighted by Gasteiger charge is -2.27. The SMILES string of the molecule is COc1ccc(C(N)COC2CCC2)cc1. The number of benzene rings is 1. The standard InChI is InChI=1S/C13H19NO2/c1-15-11-7-5-10(6-8-11)13(14)9-16-12-3-2-4-12/h5-8,12-13H,2-4,9,14H2,1H3. The highest BCUT2D eigenvalue weighted by Gasteiger charge is 2.19. The first-order valence-corrected chi connectivity index (χ1v) is 5.80. The van der Waals surface area contributed by atoms with E-state index in [1.165, 1.54) is 19.3 Å². The molecule has 0 amide bonds. The second-order valence-electron chi connectivity index (χ2n) is 4.27. The summed E-state index contributed by atoms with van der Waals surface area (Å²) in [5.41, 5.74) is 7.15. The molecular formula is C13H19NO2. The Morgan fingerprint density at radius 1 is 1.31 bits per heavy atom. The summed E-state index contributed by atoms with van der Waals surface area (Å²) < 4.78 is 10.8. The van der Waals surface area contributed by atoms with Crippen molar-refractivity contribution >= 4 is 0 Å². The summed E-state index contributed by atoms with van der Waals surface area (Å²) in [5, 5.41) is 0. The van der Waals surface area contributed by atoms with E-state index in [1.807, 2.05) is 24.3 Å². The molecule has 1 unspecified atom stereocenters. The largest absolute Gasteiger partial charge is 0.497 e. The van der Waals surface area contributed by atoms with Gasteiger partial charge in [0.25, 0.3) is 0 Å². The number of methoxy groups -OCH3 is 1. The number of ether oxygens (including phenoxy) is 2. The van der Waals surface area contributed by atoms with Crippen LogP contribution in [-0.2, 0) is 4.74 Å². The summed E-state index contributed by atoms with van der Waals surface area (Å²) >= 11 is 0. The maximum absolute atomic E-state index is 6.05. The fourth-order valence-electron chi connectivity index (χ4n) is 1.72. The molecule has 1 fully saturated rings. The molecule has 88 valence electrons. The Labute approximate surface area is 96.5 Å². The third kappa shape index (κ3) is 2.74. The molecule has 2 rings (SSSR count). The van der Waals surface area contributed by atoms with Crippen molar-refractivity contribution in [2.75, 3.05) is 13.7 Å². The van der Waals surface area contributed by atoms with Gasteiger partial charge in [0.15, 0.2) is 0 Å².